The number of benzene rings is 3. The molecule has 6 N–H and O–H groups in total. The highest BCUT2D eigenvalue weighted by Crippen LogP contribution is 2.28. The first kappa shape index (κ1) is 62.5. The number of piperazine rings is 1. The summed E-state index contributed by atoms with van der Waals surface area (Å²) in [6.45, 7) is 19.7. The van der Waals surface area contributed by atoms with Crippen LogP contribution in [0.1, 0.15) is 93.1 Å². The Labute approximate surface area is 440 Å². The van der Waals surface area contributed by atoms with Gasteiger partial charge in [0.25, 0.3) is 17.4 Å². The number of pyridine rings is 1. The van der Waals surface area contributed by atoms with E-state index in [0.717, 1.165) is 0 Å². The maximum atomic E-state index is 14.9. The Morgan fingerprint density at radius 3 is 2.13 bits per heavy atom. The van der Waals surface area contributed by atoms with Gasteiger partial charge in [-0.05, 0) is 68.7 Å². The van der Waals surface area contributed by atoms with Gasteiger partial charge in [0, 0.05) is 68.4 Å². The van der Waals surface area contributed by atoms with Crippen LogP contribution in [0.2, 0.25) is 0 Å². The third-order valence-electron chi connectivity index (χ3n) is 10.7. The van der Waals surface area contributed by atoms with Crippen LogP contribution in [0.15, 0.2) is 108 Å². The highest BCUT2D eigenvalue weighted by atomic mass is 19.4. The van der Waals surface area contributed by atoms with E-state index in [1.165, 1.54) is 53.6 Å². The molecule has 6 rings (SSSR count). The van der Waals surface area contributed by atoms with Gasteiger partial charge in [-0.2, -0.15) is 18.3 Å². The van der Waals surface area contributed by atoms with Crippen LogP contribution in [0.5, 0.6) is 0 Å². The summed E-state index contributed by atoms with van der Waals surface area (Å²) in [6.07, 6.45) is -1.70. The second-order valence-corrected chi connectivity index (χ2v) is 17.4. The van der Waals surface area contributed by atoms with Crippen LogP contribution >= 0.6 is 0 Å². The van der Waals surface area contributed by atoms with Crippen molar-refractivity contribution in [3.8, 4) is 11.1 Å². The summed E-state index contributed by atoms with van der Waals surface area (Å²) in [5.41, 5.74) is 5.98. The highest BCUT2D eigenvalue weighted by Gasteiger charge is 2.29. The van der Waals surface area contributed by atoms with Crippen molar-refractivity contribution in [2.45, 2.75) is 80.0 Å². The van der Waals surface area contributed by atoms with Crippen LogP contribution in [-0.4, -0.2) is 126 Å². The lowest BCUT2D eigenvalue weighted by Crippen LogP contribution is -2.52. The zero-order valence-electron chi connectivity index (χ0n) is 44.3. The zero-order chi connectivity index (χ0) is 56.6. The number of aromatic nitrogens is 3. The fourth-order valence-electron chi connectivity index (χ4n) is 7.21. The van der Waals surface area contributed by atoms with Gasteiger partial charge in [0.05, 0.1) is 48.5 Å². The third kappa shape index (κ3) is 20.2. The molecule has 1 saturated heterocycles. The van der Waals surface area contributed by atoms with Crippen LogP contribution in [0, 0.1) is 5.82 Å². The monoisotopic (exact) mass is 1060 g/mol. The fourth-order valence-corrected chi connectivity index (χ4v) is 7.21. The van der Waals surface area contributed by atoms with Crippen LogP contribution in [0.25, 0.3) is 21.9 Å². The Morgan fingerprint density at radius 1 is 0.842 bits per heavy atom. The standard InChI is InChI=1S/C45H48F4N8O7.C6H9NO.2C2H6/c1-44(2,3)64-43(62)53-37-24-31(30-8-6-7-29(21-30)25-45(47,48)49)26-52-39(37)41(60)51-14-20-63-19-13-50-27-38(58)56-15-17-57(18-16-56)42(61)34-22-28(11-12-35(34)46)23-36-32-9-4-5-10-33(32)40(59)55-54-36;1-3-4-5(2)6(7)8;2*1-2/h4-12,21-22,24,26,50H,13-20,23,25,27H2,1-3H3,(H,51,60)(H,53,62)(H,55,59);3-4H,1H2,2H3,(H2,7,8);2*1-2H3/b;5-4+;;. The summed E-state index contributed by atoms with van der Waals surface area (Å²) in [4.78, 5) is 81.9. The maximum absolute atomic E-state index is 14.9. The van der Waals surface area contributed by atoms with E-state index in [1.807, 2.05) is 27.7 Å². The van der Waals surface area contributed by atoms with E-state index in [1.54, 1.807) is 75.1 Å². The molecule has 17 nitrogen and oxygen atoms in total. The molecular formula is C55H69F4N9O8. The number of nitrogens with two attached hydrogens (primary N) is 1. The van der Waals surface area contributed by atoms with Crippen LogP contribution in [0.4, 0.5) is 28.0 Å². The Kier molecular flexibility index (Phi) is 25.1. The van der Waals surface area contributed by atoms with Crippen molar-refractivity contribution in [2.75, 3.05) is 64.3 Å². The Hall–Kier alpha value is -7.78. The van der Waals surface area contributed by atoms with E-state index in [-0.39, 0.29) is 92.9 Å². The van der Waals surface area contributed by atoms with Crippen molar-refractivity contribution in [1.29, 1.82) is 0 Å². The maximum Gasteiger partial charge on any atom is 0.412 e. The highest BCUT2D eigenvalue weighted by molar-refractivity contribution is 6.02. The zero-order valence-corrected chi connectivity index (χ0v) is 44.3. The van der Waals surface area contributed by atoms with Crippen molar-refractivity contribution >= 4 is 46.2 Å². The van der Waals surface area contributed by atoms with Crippen LogP contribution < -0.4 is 27.2 Å². The fraction of sp³-hybridized carbons (Fsp3) is 0.382. The van der Waals surface area contributed by atoms with Gasteiger partial charge in [-0.3, -0.25) is 29.3 Å². The second kappa shape index (κ2) is 30.6. The summed E-state index contributed by atoms with van der Waals surface area (Å²) in [6, 6.07) is 18.5. The van der Waals surface area contributed by atoms with Crippen molar-refractivity contribution in [3.05, 3.63) is 148 Å². The predicted octanol–water partition coefficient (Wildman–Crippen LogP) is 8.14. The molecule has 0 bridgehead atoms. The largest absolute Gasteiger partial charge is 0.444 e. The van der Waals surface area contributed by atoms with Crippen molar-refractivity contribution in [2.24, 2.45) is 5.73 Å². The lowest BCUT2D eigenvalue weighted by molar-refractivity contribution is -0.131. The molecule has 5 amide bonds. The normalized spacial score (nSPS) is 12.4. The average molecular weight is 1060 g/mol. The minimum Gasteiger partial charge on any atom is -0.444 e. The molecule has 3 aromatic carbocycles. The first-order chi connectivity index (χ1) is 36.1. The molecular weight excluding hydrogens is 991 g/mol. The molecule has 410 valence electrons. The van der Waals surface area contributed by atoms with Gasteiger partial charge < -0.3 is 35.6 Å². The van der Waals surface area contributed by atoms with Gasteiger partial charge in [-0.1, -0.05) is 95.0 Å². The number of carbonyl (C=O) groups is 5. The number of rotatable bonds is 17. The Balaban J connectivity index is 0.00000115. The lowest BCUT2D eigenvalue weighted by atomic mass is 10.0. The number of primary amides is 1. The van der Waals surface area contributed by atoms with E-state index in [4.69, 9.17) is 15.2 Å². The number of alkyl halides is 3. The number of fused-ring (bicyclic) bond motifs is 1. The topological polar surface area (TPSA) is 231 Å². The Morgan fingerprint density at radius 2 is 1.50 bits per heavy atom. The van der Waals surface area contributed by atoms with Gasteiger partial charge in [-0.25, -0.2) is 19.3 Å². The summed E-state index contributed by atoms with van der Waals surface area (Å²) in [7, 11) is 0. The average Bonchev–Trinajstić information content (AvgIpc) is 3.38. The van der Waals surface area contributed by atoms with Crippen molar-refractivity contribution in [1.82, 2.24) is 35.6 Å². The quantitative estimate of drug-likeness (QED) is 0.0258. The minimum atomic E-state index is -4.41. The SMILES string of the molecule is C=C/C=C(\C)C(N)=O.CC.CC.CC(C)(C)OC(=O)Nc1cc(-c2cccc(CC(F)(F)F)c2)cnc1C(=O)NCCOCCNCC(=O)N1CCN(C(=O)c2cc(Cc3n[nH]c(=O)c4ccccc34)ccc2F)CC1. The third-order valence-corrected chi connectivity index (χ3v) is 10.7. The van der Waals surface area contributed by atoms with E-state index in [9.17, 15) is 46.3 Å². The smallest absolute Gasteiger partial charge is 0.412 e. The molecule has 0 unspecified atom stereocenters. The molecule has 3 heterocycles. The van der Waals surface area contributed by atoms with Gasteiger partial charge >= 0.3 is 12.3 Å². The molecule has 0 saturated carbocycles. The number of anilines is 1. The van der Waals surface area contributed by atoms with Gasteiger partial charge in [0.2, 0.25) is 11.8 Å². The van der Waals surface area contributed by atoms with Gasteiger partial charge in [-0.15, -0.1) is 0 Å². The van der Waals surface area contributed by atoms with E-state index in [2.05, 4.69) is 37.7 Å². The van der Waals surface area contributed by atoms with E-state index >= 15 is 0 Å². The Bertz CT molecular complexity index is 2860. The van der Waals surface area contributed by atoms with Crippen LogP contribution in [-0.2, 0) is 31.9 Å². The first-order valence-corrected chi connectivity index (χ1v) is 24.8. The number of ether oxygens (including phenoxy) is 2. The lowest BCUT2D eigenvalue weighted by Gasteiger charge is -2.35. The van der Waals surface area contributed by atoms with E-state index in [0.29, 0.717) is 45.3 Å². The molecule has 2 aromatic heterocycles. The number of nitrogens with one attached hydrogen (secondary N) is 4. The molecule has 1 aliphatic heterocycles. The molecule has 1 aliphatic rings. The number of H-pyrrole nitrogens is 1. The second-order valence-electron chi connectivity index (χ2n) is 17.4. The summed E-state index contributed by atoms with van der Waals surface area (Å²) in [5.74, 6) is -2.38. The van der Waals surface area contributed by atoms with Crippen molar-refractivity contribution < 1.29 is 51.0 Å². The summed E-state index contributed by atoms with van der Waals surface area (Å²) in [5, 5.41) is 16.0. The minimum absolute atomic E-state index is 0.0138. The molecule has 0 spiro atoms. The molecule has 0 aliphatic carbocycles. The number of amides is 5. The number of hydrogen-bond acceptors (Lipinski definition) is 11. The number of nitrogens with zero attached hydrogens (tertiary/aromatic N) is 4. The molecule has 0 radical (unpaired) electrons. The molecule has 0 atom stereocenters. The van der Waals surface area contributed by atoms with Gasteiger partial charge in [0.1, 0.15) is 11.4 Å². The molecule has 76 heavy (non-hydrogen) atoms. The summed E-state index contributed by atoms with van der Waals surface area (Å²) < 4.78 is 65.0. The number of halogens is 4. The van der Waals surface area contributed by atoms with Crippen LogP contribution in [0.3, 0.4) is 0 Å². The first-order valence-electron chi connectivity index (χ1n) is 24.8. The number of hydrogen-bond donors (Lipinski definition) is 5. The van der Waals surface area contributed by atoms with Gasteiger partial charge in [0.15, 0.2) is 5.69 Å². The number of aromatic amines is 1. The number of allylic oxidation sites excluding steroid dienone is 2. The van der Waals surface area contributed by atoms with Crippen molar-refractivity contribution in [3.63, 3.8) is 0 Å². The predicted molar refractivity (Wildman–Crippen MR) is 285 cm³/mol. The van der Waals surface area contributed by atoms with E-state index < -0.39 is 47.8 Å². The molecule has 5 aromatic rings. The molecule has 21 heteroatoms. The number of carbonyl (C=O) groups excluding carboxylic acids is 5. The molecule has 1 fully saturated rings. The summed E-state index contributed by atoms with van der Waals surface area (Å²) >= 11 is 0.